The Morgan fingerprint density at radius 3 is 2.44 bits per heavy atom. The van der Waals surface area contributed by atoms with Gasteiger partial charge in [0, 0.05) is 10.0 Å². The Hall–Kier alpha value is -2.45. The van der Waals surface area contributed by atoms with Gasteiger partial charge < -0.3 is 9.47 Å². The Morgan fingerprint density at radius 1 is 1.00 bits per heavy atom. The van der Waals surface area contributed by atoms with E-state index < -0.39 is 0 Å². The summed E-state index contributed by atoms with van der Waals surface area (Å²) in [6.07, 6.45) is 1.65. The summed E-state index contributed by atoms with van der Waals surface area (Å²) in [4.78, 5) is 27.1. The Balaban J connectivity index is 1.58. The summed E-state index contributed by atoms with van der Waals surface area (Å²) in [5, 5.41) is 0.418. The third kappa shape index (κ3) is 5.61. The summed E-state index contributed by atoms with van der Waals surface area (Å²) < 4.78 is 12.5. The van der Waals surface area contributed by atoms with Crippen LogP contribution in [0.4, 0.5) is 4.79 Å². The SMILES string of the molecule is COc1cccc(/C=C2\SC(=O)N(Cc3ccc(Cl)c(Cl)c3)C2=O)c1OCc1ccc(Br)cc1. The lowest BCUT2D eigenvalue weighted by Crippen LogP contribution is -2.27. The first kappa shape index (κ1) is 24.7. The highest BCUT2D eigenvalue weighted by molar-refractivity contribution is 9.10. The van der Waals surface area contributed by atoms with E-state index in [0.717, 1.165) is 21.8 Å². The molecule has 0 aliphatic carbocycles. The molecule has 0 atom stereocenters. The Labute approximate surface area is 219 Å². The minimum Gasteiger partial charge on any atom is -0.493 e. The van der Waals surface area contributed by atoms with Gasteiger partial charge in [-0.3, -0.25) is 14.5 Å². The third-order valence-corrected chi connectivity index (χ3v) is 7.19. The fourth-order valence-electron chi connectivity index (χ4n) is 3.30. The number of hydrogen-bond acceptors (Lipinski definition) is 5. The molecule has 174 valence electrons. The number of halogens is 3. The lowest BCUT2D eigenvalue weighted by atomic mass is 10.1. The van der Waals surface area contributed by atoms with Crippen LogP contribution in [0.5, 0.6) is 11.5 Å². The maximum Gasteiger partial charge on any atom is 0.293 e. The van der Waals surface area contributed by atoms with Crippen LogP contribution in [0.1, 0.15) is 16.7 Å². The molecule has 3 aromatic rings. The van der Waals surface area contributed by atoms with E-state index in [1.54, 1.807) is 43.5 Å². The van der Waals surface area contributed by atoms with E-state index in [0.29, 0.717) is 44.2 Å². The van der Waals surface area contributed by atoms with Crippen LogP contribution in [0.3, 0.4) is 0 Å². The van der Waals surface area contributed by atoms with Crippen molar-refractivity contribution in [3.63, 3.8) is 0 Å². The smallest absolute Gasteiger partial charge is 0.293 e. The minimum absolute atomic E-state index is 0.101. The third-order valence-electron chi connectivity index (χ3n) is 5.01. The van der Waals surface area contributed by atoms with Crippen LogP contribution in [0.15, 0.2) is 70.0 Å². The number of hydrogen-bond donors (Lipinski definition) is 0. The maximum absolute atomic E-state index is 13.0. The zero-order chi connectivity index (χ0) is 24.2. The zero-order valence-electron chi connectivity index (χ0n) is 17.9. The highest BCUT2D eigenvalue weighted by Gasteiger charge is 2.35. The predicted molar refractivity (Wildman–Crippen MR) is 139 cm³/mol. The fraction of sp³-hybridized carbons (Fsp3) is 0.120. The molecule has 2 amide bonds. The highest BCUT2D eigenvalue weighted by atomic mass is 79.9. The number of ether oxygens (including phenoxy) is 2. The molecule has 0 aromatic heterocycles. The average molecular weight is 579 g/mol. The predicted octanol–water partition coefficient (Wildman–Crippen LogP) is 7.58. The second-order valence-corrected chi connectivity index (χ2v) is 10.0. The summed E-state index contributed by atoms with van der Waals surface area (Å²) in [5.41, 5.74) is 2.32. The van der Waals surface area contributed by atoms with Gasteiger partial charge in [0.15, 0.2) is 11.5 Å². The molecule has 1 fully saturated rings. The molecule has 3 aromatic carbocycles. The molecule has 1 heterocycles. The molecule has 1 aliphatic heterocycles. The van der Waals surface area contributed by atoms with Crippen molar-refractivity contribution in [2.75, 3.05) is 7.11 Å². The molecule has 1 saturated heterocycles. The van der Waals surface area contributed by atoms with Gasteiger partial charge in [-0.05, 0) is 59.3 Å². The molecule has 0 N–H and O–H groups in total. The summed E-state index contributed by atoms with van der Waals surface area (Å²) in [7, 11) is 1.55. The van der Waals surface area contributed by atoms with E-state index in [1.807, 2.05) is 30.3 Å². The number of thioether (sulfide) groups is 1. The van der Waals surface area contributed by atoms with Crippen LogP contribution in [0, 0.1) is 0 Å². The summed E-state index contributed by atoms with van der Waals surface area (Å²) >= 11 is 16.3. The Bertz CT molecular complexity index is 1280. The fourth-order valence-corrected chi connectivity index (χ4v) is 4.71. The van der Waals surface area contributed by atoms with Crippen molar-refractivity contribution < 1.29 is 19.1 Å². The van der Waals surface area contributed by atoms with Crippen LogP contribution in [-0.2, 0) is 17.9 Å². The van der Waals surface area contributed by atoms with Gasteiger partial charge in [0.2, 0.25) is 0 Å². The number of methoxy groups -OCH3 is 1. The highest BCUT2D eigenvalue weighted by Crippen LogP contribution is 2.38. The second kappa shape index (κ2) is 10.9. The van der Waals surface area contributed by atoms with Gasteiger partial charge in [0.05, 0.1) is 28.6 Å². The molecule has 0 radical (unpaired) electrons. The molecule has 0 unspecified atom stereocenters. The van der Waals surface area contributed by atoms with E-state index in [1.165, 1.54) is 4.90 Å². The topological polar surface area (TPSA) is 55.8 Å². The van der Waals surface area contributed by atoms with E-state index in [4.69, 9.17) is 32.7 Å². The Morgan fingerprint density at radius 2 is 1.74 bits per heavy atom. The monoisotopic (exact) mass is 577 g/mol. The van der Waals surface area contributed by atoms with Crippen molar-refractivity contribution in [1.82, 2.24) is 4.90 Å². The molecule has 0 spiro atoms. The number of imide groups is 1. The standard InChI is InChI=1S/C25H18BrCl2NO4S/c1-32-21-4-2-3-17(23(21)33-14-15-5-8-18(26)9-6-15)12-22-24(30)29(25(31)34-22)13-16-7-10-19(27)20(28)11-16/h2-12H,13-14H2,1H3/b22-12-. The molecule has 9 heteroatoms. The first-order valence-electron chi connectivity index (χ1n) is 10.1. The van der Waals surface area contributed by atoms with Crippen molar-refractivity contribution in [3.05, 3.63) is 96.8 Å². The van der Waals surface area contributed by atoms with Crippen LogP contribution < -0.4 is 9.47 Å². The van der Waals surface area contributed by atoms with Gasteiger partial charge in [-0.15, -0.1) is 0 Å². The molecule has 1 aliphatic rings. The molecule has 4 rings (SSSR count). The minimum atomic E-state index is -0.386. The van der Waals surface area contributed by atoms with Crippen molar-refractivity contribution in [2.45, 2.75) is 13.2 Å². The van der Waals surface area contributed by atoms with E-state index >= 15 is 0 Å². The lowest BCUT2D eigenvalue weighted by molar-refractivity contribution is -0.123. The van der Waals surface area contributed by atoms with Gasteiger partial charge in [0.25, 0.3) is 11.1 Å². The number of rotatable bonds is 7. The molecule has 34 heavy (non-hydrogen) atoms. The summed E-state index contributed by atoms with van der Waals surface area (Å²) in [6, 6.07) is 18.2. The Kier molecular flexibility index (Phi) is 7.88. The van der Waals surface area contributed by atoms with Crippen LogP contribution in [-0.4, -0.2) is 23.2 Å². The van der Waals surface area contributed by atoms with Crippen LogP contribution in [0.25, 0.3) is 6.08 Å². The van der Waals surface area contributed by atoms with Crippen molar-refractivity contribution in [1.29, 1.82) is 0 Å². The first-order chi connectivity index (χ1) is 16.4. The zero-order valence-corrected chi connectivity index (χ0v) is 21.8. The number of para-hydroxylation sites is 1. The quantitative estimate of drug-likeness (QED) is 0.270. The van der Waals surface area contributed by atoms with E-state index in [2.05, 4.69) is 15.9 Å². The van der Waals surface area contributed by atoms with E-state index in [9.17, 15) is 9.59 Å². The molecular formula is C25H18BrCl2NO4S. The maximum atomic E-state index is 13.0. The van der Waals surface area contributed by atoms with Crippen molar-refractivity contribution in [2.24, 2.45) is 0 Å². The molecule has 0 bridgehead atoms. The summed E-state index contributed by atoms with van der Waals surface area (Å²) in [5.74, 6) is 0.632. The van der Waals surface area contributed by atoms with Gasteiger partial charge in [-0.1, -0.05) is 69.5 Å². The van der Waals surface area contributed by atoms with Gasteiger partial charge >= 0.3 is 0 Å². The van der Waals surface area contributed by atoms with Crippen LogP contribution >= 0.6 is 50.9 Å². The molecule has 5 nitrogen and oxygen atoms in total. The lowest BCUT2D eigenvalue weighted by Gasteiger charge is -2.14. The number of benzene rings is 3. The average Bonchev–Trinajstić information content (AvgIpc) is 3.08. The van der Waals surface area contributed by atoms with E-state index in [-0.39, 0.29) is 17.7 Å². The molecule has 0 saturated carbocycles. The van der Waals surface area contributed by atoms with Gasteiger partial charge in [0.1, 0.15) is 6.61 Å². The first-order valence-corrected chi connectivity index (χ1v) is 12.5. The van der Waals surface area contributed by atoms with Gasteiger partial charge in [-0.25, -0.2) is 0 Å². The van der Waals surface area contributed by atoms with Crippen LogP contribution in [0.2, 0.25) is 10.0 Å². The number of carbonyl (C=O) groups excluding carboxylic acids is 2. The number of carbonyl (C=O) groups is 2. The van der Waals surface area contributed by atoms with Gasteiger partial charge in [-0.2, -0.15) is 0 Å². The summed E-state index contributed by atoms with van der Waals surface area (Å²) in [6.45, 7) is 0.414. The second-order valence-electron chi connectivity index (χ2n) is 7.31. The normalized spacial score (nSPS) is 14.7. The van der Waals surface area contributed by atoms with Crippen molar-refractivity contribution in [3.8, 4) is 11.5 Å². The number of nitrogens with zero attached hydrogens (tertiary/aromatic N) is 1. The largest absolute Gasteiger partial charge is 0.493 e. The van der Waals surface area contributed by atoms with Crippen molar-refractivity contribution >= 4 is 68.1 Å². The molecular weight excluding hydrogens is 561 g/mol. The number of amides is 2.